The van der Waals surface area contributed by atoms with E-state index in [0.717, 1.165) is 12.1 Å². The van der Waals surface area contributed by atoms with Crippen LogP contribution < -0.4 is 0 Å². The van der Waals surface area contributed by atoms with Crippen LogP contribution in [0.1, 0.15) is 28.8 Å². The maximum Gasteiger partial charge on any atom is 0.223 e. The van der Waals surface area contributed by atoms with Gasteiger partial charge in [-0.05, 0) is 32.3 Å². The van der Waals surface area contributed by atoms with Crippen molar-refractivity contribution in [3.05, 3.63) is 59.2 Å². The molecule has 1 aromatic carbocycles. The highest BCUT2D eigenvalue weighted by Crippen LogP contribution is 2.22. The highest BCUT2D eigenvalue weighted by Gasteiger charge is 2.33. The first-order valence-corrected chi connectivity index (χ1v) is 8.79. The molecule has 0 aliphatic carbocycles. The van der Waals surface area contributed by atoms with E-state index in [-0.39, 0.29) is 11.8 Å². The molecular weight excluding hydrogens is 314 g/mol. The maximum absolute atomic E-state index is 12.5. The van der Waals surface area contributed by atoms with E-state index < -0.39 is 6.10 Å². The van der Waals surface area contributed by atoms with Crippen molar-refractivity contribution in [3.8, 4) is 0 Å². The lowest BCUT2D eigenvalue weighted by Crippen LogP contribution is -2.29. The molecule has 2 heterocycles. The summed E-state index contributed by atoms with van der Waals surface area (Å²) in [6.45, 7) is 5.15. The largest absolute Gasteiger partial charge is 0.391 e. The van der Waals surface area contributed by atoms with E-state index in [2.05, 4.69) is 42.0 Å². The number of aliphatic hydroxyl groups is 1. The molecule has 1 aliphatic rings. The summed E-state index contributed by atoms with van der Waals surface area (Å²) in [6, 6.07) is 6.41. The van der Waals surface area contributed by atoms with Crippen LogP contribution in [0.25, 0.3) is 0 Å². The van der Waals surface area contributed by atoms with Crippen molar-refractivity contribution in [2.24, 2.45) is 5.92 Å². The Morgan fingerprint density at radius 1 is 1.20 bits per heavy atom. The Morgan fingerprint density at radius 3 is 2.64 bits per heavy atom. The van der Waals surface area contributed by atoms with Gasteiger partial charge < -0.3 is 10.0 Å². The van der Waals surface area contributed by atoms with Crippen LogP contribution in [0, 0.1) is 19.8 Å². The number of benzene rings is 1. The first-order valence-electron chi connectivity index (χ1n) is 8.79. The second-order valence-electron chi connectivity index (χ2n) is 7.02. The monoisotopic (exact) mass is 339 g/mol. The highest BCUT2D eigenvalue weighted by atomic mass is 16.3. The van der Waals surface area contributed by atoms with Crippen LogP contribution in [-0.4, -0.2) is 45.1 Å². The van der Waals surface area contributed by atoms with Gasteiger partial charge in [-0.3, -0.25) is 14.8 Å². The van der Waals surface area contributed by atoms with Gasteiger partial charge >= 0.3 is 0 Å². The van der Waals surface area contributed by atoms with E-state index in [0.29, 0.717) is 25.9 Å². The molecule has 1 N–H and O–H groups in total. The average Bonchev–Trinajstić information content (AvgIpc) is 2.94. The summed E-state index contributed by atoms with van der Waals surface area (Å²) < 4.78 is 0. The smallest absolute Gasteiger partial charge is 0.223 e. The van der Waals surface area contributed by atoms with E-state index in [1.807, 2.05) is 0 Å². The topological polar surface area (TPSA) is 66.3 Å². The number of likely N-dealkylation sites (tertiary alicyclic amines) is 1. The van der Waals surface area contributed by atoms with Crippen molar-refractivity contribution < 1.29 is 9.90 Å². The fourth-order valence-electron chi connectivity index (χ4n) is 3.59. The fourth-order valence-corrected chi connectivity index (χ4v) is 3.59. The van der Waals surface area contributed by atoms with Gasteiger partial charge in [-0.25, -0.2) is 0 Å². The molecule has 1 aliphatic heterocycles. The molecule has 5 heteroatoms. The second kappa shape index (κ2) is 7.74. The van der Waals surface area contributed by atoms with Gasteiger partial charge in [0.25, 0.3) is 0 Å². The van der Waals surface area contributed by atoms with Crippen molar-refractivity contribution in [2.45, 2.75) is 39.2 Å². The fraction of sp³-hybridized carbons (Fsp3) is 0.450. The third-order valence-corrected chi connectivity index (χ3v) is 4.76. The number of β-amino-alcohol motifs (C(OH)–C–C–N with tert-alkyl or cyclic N) is 1. The molecule has 2 atom stereocenters. The number of nitrogens with zero attached hydrogens (tertiary/aromatic N) is 3. The minimum absolute atomic E-state index is 0.0295. The van der Waals surface area contributed by atoms with Gasteiger partial charge in [0.05, 0.1) is 11.8 Å². The molecule has 1 aromatic heterocycles. The molecule has 2 aromatic rings. The van der Waals surface area contributed by atoms with Gasteiger partial charge in [0.2, 0.25) is 5.91 Å². The van der Waals surface area contributed by atoms with Gasteiger partial charge in [0.1, 0.15) is 0 Å². The summed E-state index contributed by atoms with van der Waals surface area (Å²) in [7, 11) is 0. The van der Waals surface area contributed by atoms with Crippen LogP contribution in [-0.2, 0) is 17.6 Å². The van der Waals surface area contributed by atoms with Crippen LogP contribution in [0.3, 0.4) is 0 Å². The average molecular weight is 339 g/mol. The lowest BCUT2D eigenvalue weighted by atomic mass is 10.0. The Morgan fingerprint density at radius 2 is 1.96 bits per heavy atom. The molecule has 1 saturated heterocycles. The Kier molecular flexibility index (Phi) is 5.43. The zero-order valence-corrected chi connectivity index (χ0v) is 14.9. The van der Waals surface area contributed by atoms with Crippen LogP contribution in [0.5, 0.6) is 0 Å². The third kappa shape index (κ3) is 4.63. The molecule has 0 radical (unpaired) electrons. The van der Waals surface area contributed by atoms with Crippen LogP contribution in [0.4, 0.5) is 0 Å². The lowest BCUT2D eigenvalue weighted by Gasteiger charge is -2.16. The number of aryl methyl sites for hydroxylation is 3. The van der Waals surface area contributed by atoms with E-state index >= 15 is 0 Å². The minimum Gasteiger partial charge on any atom is -0.391 e. The first-order chi connectivity index (χ1) is 12.0. The molecule has 132 valence electrons. The Balaban J connectivity index is 1.54. The Hall–Kier alpha value is -2.27. The number of hydrogen-bond acceptors (Lipinski definition) is 4. The van der Waals surface area contributed by atoms with Crippen molar-refractivity contribution in [3.63, 3.8) is 0 Å². The molecule has 1 fully saturated rings. The minimum atomic E-state index is -0.493. The van der Waals surface area contributed by atoms with Crippen LogP contribution in [0.2, 0.25) is 0 Å². The van der Waals surface area contributed by atoms with Crippen molar-refractivity contribution in [2.75, 3.05) is 13.1 Å². The maximum atomic E-state index is 12.5. The standard InChI is InChI=1S/C20H25N3O2/c1-14-7-15(2)9-16(8-14)3-4-20(25)23-12-17(19(24)13-23)10-18-11-21-5-6-22-18/h5-9,11,17,19,24H,3-4,10,12-13H2,1-2H3/t17-,19-/m1/s1. The van der Waals surface area contributed by atoms with Gasteiger partial charge in [-0.2, -0.15) is 0 Å². The second-order valence-corrected chi connectivity index (χ2v) is 7.02. The number of carbonyl (C=O) groups excluding carboxylic acids is 1. The molecule has 0 spiro atoms. The molecule has 0 unspecified atom stereocenters. The summed E-state index contributed by atoms with van der Waals surface area (Å²) >= 11 is 0. The zero-order chi connectivity index (χ0) is 17.8. The predicted molar refractivity (Wildman–Crippen MR) is 96.0 cm³/mol. The molecule has 0 saturated carbocycles. The Labute approximate surface area is 148 Å². The molecule has 0 bridgehead atoms. The van der Waals surface area contributed by atoms with Gasteiger partial charge in [0.15, 0.2) is 0 Å². The van der Waals surface area contributed by atoms with E-state index in [1.165, 1.54) is 16.7 Å². The third-order valence-electron chi connectivity index (χ3n) is 4.76. The highest BCUT2D eigenvalue weighted by molar-refractivity contribution is 5.76. The number of carbonyl (C=O) groups is 1. The van der Waals surface area contributed by atoms with Crippen LogP contribution >= 0.6 is 0 Å². The number of hydrogen-bond donors (Lipinski definition) is 1. The van der Waals surface area contributed by atoms with Crippen LogP contribution in [0.15, 0.2) is 36.8 Å². The van der Waals surface area contributed by atoms with Gasteiger partial charge in [-0.15, -0.1) is 0 Å². The normalized spacial score (nSPS) is 20.0. The van der Waals surface area contributed by atoms with Gasteiger partial charge in [0, 0.05) is 44.0 Å². The summed E-state index contributed by atoms with van der Waals surface area (Å²) in [5, 5.41) is 10.3. The molecule has 25 heavy (non-hydrogen) atoms. The molecule has 5 nitrogen and oxygen atoms in total. The number of rotatable bonds is 5. The number of aliphatic hydroxyl groups excluding tert-OH is 1. The first kappa shape index (κ1) is 17.5. The number of aromatic nitrogens is 2. The summed E-state index contributed by atoms with van der Waals surface area (Å²) in [4.78, 5) is 22.6. The predicted octanol–water partition coefficient (Wildman–Crippen LogP) is 2.09. The quantitative estimate of drug-likeness (QED) is 0.906. The van der Waals surface area contributed by atoms with E-state index in [1.54, 1.807) is 23.5 Å². The zero-order valence-electron chi connectivity index (χ0n) is 14.9. The van der Waals surface area contributed by atoms with E-state index in [9.17, 15) is 9.90 Å². The summed E-state index contributed by atoms with van der Waals surface area (Å²) in [5.74, 6) is 0.140. The van der Waals surface area contributed by atoms with Gasteiger partial charge in [-0.1, -0.05) is 29.3 Å². The molecule has 1 amide bonds. The SMILES string of the molecule is Cc1cc(C)cc(CCC(=O)N2C[C@@H](Cc3cnccn3)[C@H](O)C2)c1. The van der Waals surface area contributed by atoms with E-state index in [4.69, 9.17) is 0 Å². The van der Waals surface area contributed by atoms with Crippen molar-refractivity contribution in [1.29, 1.82) is 0 Å². The molecule has 3 rings (SSSR count). The molecular formula is C20H25N3O2. The van der Waals surface area contributed by atoms with Crippen molar-refractivity contribution in [1.82, 2.24) is 14.9 Å². The number of amides is 1. The summed E-state index contributed by atoms with van der Waals surface area (Å²) in [5.41, 5.74) is 4.50. The Bertz CT molecular complexity index is 713. The van der Waals surface area contributed by atoms with Crippen molar-refractivity contribution >= 4 is 5.91 Å². The summed E-state index contributed by atoms with van der Waals surface area (Å²) in [6.07, 6.45) is 6.39. The lowest BCUT2D eigenvalue weighted by molar-refractivity contribution is -0.130.